The number of rotatable bonds is 5. The van der Waals surface area contributed by atoms with E-state index in [0.29, 0.717) is 12.8 Å². The molecule has 0 aromatic carbocycles. The predicted octanol–water partition coefficient (Wildman–Crippen LogP) is 0.390. The van der Waals surface area contributed by atoms with Gasteiger partial charge in [-0.2, -0.15) is 0 Å². The van der Waals surface area contributed by atoms with Gasteiger partial charge in [0, 0.05) is 19.4 Å². The number of ether oxygens (including phenoxy) is 2. The van der Waals surface area contributed by atoms with Crippen LogP contribution in [0.4, 0.5) is 0 Å². The number of aliphatic hydroxyl groups is 1. The average Bonchev–Trinajstić information content (AvgIpc) is 2.72. The molecule has 0 radical (unpaired) electrons. The van der Waals surface area contributed by atoms with Crippen molar-refractivity contribution in [1.82, 2.24) is 9.55 Å². The minimum absolute atomic E-state index is 0.473. The van der Waals surface area contributed by atoms with Crippen molar-refractivity contribution in [3.8, 4) is 0 Å². The first kappa shape index (κ1) is 15.9. The summed E-state index contributed by atoms with van der Waals surface area (Å²) >= 11 is 0. The third kappa shape index (κ3) is 2.68. The van der Waals surface area contributed by atoms with E-state index in [0.717, 1.165) is 6.42 Å². The Morgan fingerprint density at radius 2 is 2.19 bits per heavy atom. The van der Waals surface area contributed by atoms with Gasteiger partial charge in [-0.3, -0.25) is 14.3 Å². The Balaban J connectivity index is 2.44. The lowest BCUT2D eigenvalue weighted by Gasteiger charge is -2.30. The minimum Gasteiger partial charge on any atom is -0.387 e. The smallest absolute Gasteiger partial charge is 0.330 e. The number of H-pyrrole nitrogens is 1. The Morgan fingerprint density at radius 1 is 1.48 bits per heavy atom. The molecule has 1 aliphatic rings. The molecule has 2 N–H and O–H groups in total. The van der Waals surface area contributed by atoms with Gasteiger partial charge in [0.15, 0.2) is 6.23 Å². The summed E-state index contributed by atoms with van der Waals surface area (Å²) in [5.41, 5.74) is -1.79. The molecule has 0 spiro atoms. The van der Waals surface area contributed by atoms with E-state index < -0.39 is 35.3 Å². The second-order valence-electron chi connectivity index (χ2n) is 5.34. The van der Waals surface area contributed by atoms with Crippen LogP contribution in [0.15, 0.2) is 21.9 Å². The van der Waals surface area contributed by atoms with Gasteiger partial charge >= 0.3 is 5.69 Å². The van der Waals surface area contributed by atoms with E-state index >= 15 is 0 Å². The Morgan fingerprint density at radius 3 is 2.71 bits per heavy atom. The molecule has 7 nitrogen and oxygen atoms in total. The standard InChI is InChI=1S/C14H22N2O5/c1-4-7-14(5-2)11(18)10(20-3)12(21-14)16-8-6-9(17)15-13(16)19/h6,8,10-12,18H,4-5,7H2,1-3H3,(H,15,17,19)/t10-,11?,12+,14-/m0/s1. The molecule has 0 saturated carbocycles. The van der Waals surface area contributed by atoms with Gasteiger partial charge in [-0.15, -0.1) is 0 Å². The molecule has 2 heterocycles. The Kier molecular flexibility index (Phi) is 4.65. The topological polar surface area (TPSA) is 93.6 Å². The number of hydrogen-bond donors (Lipinski definition) is 2. The molecule has 0 bridgehead atoms. The average molecular weight is 298 g/mol. The largest absolute Gasteiger partial charge is 0.387 e. The van der Waals surface area contributed by atoms with Crippen molar-refractivity contribution < 1.29 is 14.6 Å². The van der Waals surface area contributed by atoms with E-state index in [1.807, 2.05) is 13.8 Å². The zero-order chi connectivity index (χ0) is 15.6. The van der Waals surface area contributed by atoms with Gasteiger partial charge in [0.1, 0.15) is 12.2 Å². The molecule has 0 amide bonds. The fourth-order valence-corrected chi connectivity index (χ4v) is 3.02. The van der Waals surface area contributed by atoms with Crippen molar-refractivity contribution in [2.75, 3.05) is 7.11 Å². The highest BCUT2D eigenvalue weighted by Gasteiger charge is 2.54. The first-order valence-electron chi connectivity index (χ1n) is 7.19. The van der Waals surface area contributed by atoms with Crippen LogP contribution >= 0.6 is 0 Å². The first-order valence-corrected chi connectivity index (χ1v) is 7.19. The number of aliphatic hydroxyl groups excluding tert-OH is 1. The Hall–Kier alpha value is -1.44. The lowest BCUT2D eigenvalue weighted by Crippen LogP contribution is -2.43. The molecule has 1 fully saturated rings. The van der Waals surface area contributed by atoms with Crippen molar-refractivity contribution in [3.63, 3.8) is 0 Å². The van der Waals surface area contributed by atoms with E-state index in [4.69, 9.17) is 9.47 Å². The fourth-order valence-electron chi connectivity index (χ4n) is 3.02. The number of nitrogens with one attached hydrogen (secondary N) is 1. The van der Waals surface area contributed by atoms with Crippen LogP contribution in [0.5, 0.6) is 0 Å². The summed E-state index contributed by atoms with van der Waals surface area (Å²) in [5, 5.41) is 10.6. The highest BCUT2D eigenvalue weighted by molar-refractivity contribution is 5.02. The summed E-state index contributed by atoms with van der Waals surface area (Å²) < 4.78 is 12.6. The van der Waals surface area contributed by atoms with Crippen molar-refractivity contribution in [2.24, 2.45) is 0 Å². The third-order valence-electron chi connectivity index (χ3n) is 4.16. The van der Waals surface area contributed by atoms with E-state index in [2.05, 4.69) is 4.98 Å². The molecule has 118 valence electrons. The third-order valence-corrected chi connectivity index (χ3v) is 4.16. The van der Waals surface area contributed by atoms with Crippen molar-refractivity contribution in [3.05, 3.63) is 33.1 Å². The van der Waals surface area contributed by atoms with Crippen LogP contribution in [0, 0.1) is 0 Å². The second-order valence-corrected chi connectivity index (χ2v) is 5.34. The molecule has 1 saturated heterocycles. The molecular formula is C14H22N2O5. The molecule has 0 aliphatic carbocycles. The number of hydrogen-bond acceptors (Lipinski definition) is 5. The predicted molar refractivity (Wildman–Crippen MR) is 76.2 cm³/mol. The second kappa shape index (κ2) is 6.13. The quantitative estimate of drug-likeness (QED) is 0.820. The van der Waals surface area contributed by atoms with Crippen LogP contribution in [-0.4, -0.2) is 39.6 Å². The van der Waals surface area contributed by atoms with Crippen LogP contribution in [0.2, 0.25) is 0 Å². The molecule has 1 aromatic heterocycles. The van der Waals surface area contributed by atoms with Crippen molar-refractivity contribution in [2.45, 2.75) is 57.1 Å². The summed E-state index contributed by atoms with van der Waals surface area (Å²) in [6.45, 7) is 3.94. The lowest BCUT2D eigenvalue weighted by molar-refractivity contribution is -0.112. The van der Waals surface area contributed by atoms with E-state index in [1.165, 1.54) is 23.9 Å². The minimum atomic E-state index is -0.837. The Bertz CT molecular complexity index is 596. The van der Waals surface area contributed by atoms with Gasteiger partial charge in [-0.25, -0.2) is 4.79 Å². The van der Waals surface area contributed by atoms with Gasteiger partial charge in [0.25, 0.3) is 5.56 Å². The zero-order valence-electron chi connectivity index (χ0n) is 12.5. The van der Waals surface area contributed by atoms with Crippen LogP contribution in [0.3, 0.4) is 0 Å². The maximum atomic E-state index is 11.9. The molecule has 2 rings (SSSR count). The first-order chi connectivity index (χ1) is 9.99. The molecule has 1 aliphatic heterocycles. The highest BCUT2D eigenvalue weighted by Crippen LogP contribution is 2.42. The maximum Gasteiger partial charge on any atom is 0.330 e. The van der Waals surface area contributed by atoms with E-state index in [-0.39, 0.29) is 0 Å². The number of nitrogens with zero attached hydrogens (tertiary/aromatic N) is 1. The van der Waals surface area contributed by atoms with Gasteiger partial charge in [0.2, 0.25) is 0 Å². The van der Waals surface area contributed by atoms with Crippen molar-refractivity contribution >= 4 is 0 Å². The summed E-state index contributed by atoms with van der Waals surface area (Å²) in [6, 6.07) is 1.25. The van der Waals surface area contributed by atoms with Crippen LogP contribution in [0.25, 0.3) is 0 Å². The summed E-state index contributed by atoms with van der Waals surface area (Å²) in [5.74, 6) is 0. The molecule has 1 aromatic rings. The fraction of sp³-hybridized carbons (Fsp3) is 0.714. The monoisotopic (exact) mass is 298 g/mol. The highest BCUT2D eigenvalue weighted by atomic mass is 16.6. The van der Waals surface area contributed by atoms with Crippen LogP contribution in [0.1, 0.15) is 39.3 Å². The molecule has 1 unspecified atom stereocenters. The van der Waals surface area contributed by atoms with Crippen LogP contribution in [-0.2, 0) is 9.47 Å². The zero-order valence-corrected chi connectivity index (χ0v) is 12.5. The van der Waals surface area contributed by atoms with Gasteiger partial charge in [-0.1, -0.05) is 20.3 Å². The molecular weight excluding hydrogens is 276 g/mol. The number of aromatic nitrogens is 2. The lowest BCUT2D eigenvalue weighted by atomic mass is 9.88. The van der Waals surface area contributed by atoms with Gasteiger partial charge in [-0.05, 0) is 12.8 Å². The van der Waals surface area contributed by atoms with Crippen LogP contribution < -0.4 is 11.2 Å². The van der Waals surface area contributed by atoms with Gasteiger partial charge in [0.05, 0.1) is 5.60 Å². The summed E-state index contributed by atoms with van der Waals surface area (Å²) in [7, 11) is 1.47. The summed E-state index contributed by atoms with van der Waals surface area (Å²) in [4.78, 5) is 25.3. The molecule has 21 heavy (non-hydrogen) atoms. The number of methoxy groups -OCH3 is 1. The van der Waals surface area contributed by atoms with E-state index in [1.54, 1.807) is 0 Å². The van der Waals surface area contributed by atoms with Crippen molar-refractivity contribution in [1.29, 1.82) is 0 Å². The Labute approximate surface area is 122 Å². The molecule has 7 heteroatoms. The maximum absolute atomic E-state index is 11.9. The normalized spacial score (nSPS) is 32.5. The number of aromatic amines is 1. The van der Waals surface area contributed by atoms with Gasteiger partial charge < -0.3 is 14.6 Å². The molecule has 4 atom stereocenters. The summed E-state index contributed by atoms with van der Waals surface area (Å²) in [6.07, 6.45) is 1.21. The SMILES string of the molecule is CCC[C@]1(CC)O[C@@H](n2ccc(=O)[nH]c2=O)[C@@H](OC)C1O. The van der Waals surface area contributed by atoms with E-state index in [9.17, 15) is 14.7 Å².